The Kier molecular flexibility index (Phi) is 8.18. The first-order chi connectivity index (χ1) is 7.10. The summed E-state index contributed by atoms with van der Waals surface area (Å²) in [7, 11) is 0. The molecule has 88 valence electrons. The number of aliphatic carboxylic acids is 1. The number of carboxylic acids is 1. The Bertz CT molecular complexity index is 209. The largest absolute Gasteiger partial charge is 0.481 e. The molecule has 2 N–H and O–H groups in total. The SMILES string of the molecule is CCCC(CC(=O)O)NC(=O)CCSC. The van der Waals surface area contributed by atoms with E-state index in [1.807, 2.05) is 13.2 Å². The molecule has 0 heterocycles. The molecule has 0 saturated heterocycles. The van der Waals surface area contributed by atoms with Crippen LogP contribution in [0.5, 0.6) is 0 Å². The van der Waals surface area contributed by atoms with E-state index < -0.39 is 5.97 Å². The van der Waals surface area contributed by atoms with Crippen molar-refractivity contribution < 1.29 is 14.7 Å². The molecular weight excluding hydrogens is 214 g/mol. The molecule has 1 unspecified atom stereocenters. The van der Waals surface area contributed by atoms with Gasteiger partial charge in [-0.15, -0.1) is 0 Å². The van der Waals surface area contributed by atoms with Gasteiger partial charge in [0.2, 0.25) is 5.91 Å². The molecule has 5 heteroatoms. The second-order valence-corrected chi connectivity index (χ2v) is 4.38. The zero-order chi connectivity index (χ0) is 11.7. The van der Waals surface area contributed by atoms with Gasteiger partial charge in [0, 0.05) is 18.2 Å². The number of carbonyl (C=O) groups is 2. The monoisotopic (exact) mass is 233 g/mol. The first-order valence-corrected chi connectivity index (χ1v) is 6.49. The number of nitrogens with one attached hydrogen (secondary N) is 1. The van der Waals surface area contributed by atoms with Crippen LogP contribution in [0, 0.1) is 0 Å². The number of hydrogen-bond donors (Lipinski definition) is 2. The minimum Gasteiger partial charge on any atom is -0.481 e. The van der Waals surface area contributed by atoms with Crippen molar-refractivity contribution in [3.05, 3.63) is 0 Å². The van der Waals surface area contributed by atoms with E-state index in [4.69, 9.17) is 5.11 Å². The lowest BCUT2D eigenvalue weighted by atomic mass is 10.1. The van der Waals surface area contributed by atoms with Crippen LogP contribution in [0.2, 0.25) is 0 Å². The van der Waals surface area contributed by atoms with Crippen molar-refractivity contribution in [2.75, 3.05) is 12.0 Å². The van der Waals surface area contributed by atoms with Gasteiger partial charge in [0.15, 0.2) is 0 Å². The summed E-state index contributed by atoms with van der Waals surface area (Å²) in [5, 5.41) is 11.4. The molecule has 1 atom stereocenters. The number of rotatable bonds is 8. The van der Waals surface area contributed by atoms with Crippen LogP contribution in [0.15, 0.2) is 0 Å². The zero-order valence-electron chi connectivity index (χ0n) is 9.28. The van der Waals surface area contributed by atoms with Crippen molar-refractivity contribution in [2.45, 2.75) is 38.6 Å². The maximum Gasteiger partial charge on any atom is 0.305 e. The highest BCUT2D eigenvalue weighted by Crippen LogP contribution is 2.03. The van der Waals surface area contributed by atoms with Crippen molar-refractivity contribution in [1.82, 2.24) is 5.32 Å². The van der Waals surface area contributed by atoms with E-state index in [0.717, 1.165) is 18.6 Å². The average molecular weight is 233 g/mol. The zero-order valence-corrected chi connectivity index (χ0v) is 10.1. The quantitative estimate of drug-likeness (QED) is 0.666. The summed E-state index contributed by atoms with van der Waals surface area (Å²) in [4.78, 5) is 21.9. The standard InChI is InChI=1S/C10H19NO3S/c1-3-4-8(7-10(13)14)11-9(12)5-6-15-2/h8H,3-7H2,1-2H3,(H,11,12)(H,13,14). The molecule has 0 fully saturated rings. The van der Waals surface area contributed by atoms with E-state index >= 15 is 0 Å². The number of hydrogen-bond acceptors (Lipinski definition) is 3. The fourth-order valence-electron chi connectivity index (χ4n) is 1.28. The van der Waals surface area contributed by atoms with Crippen LogP contribution in [0.1, 0.15) is 32.6 Å². The Morgan fingerprint density at radius 3 is 2.60 bits per heavy atom. The molecule has 0 aromatic heterocycles. The number of carboxylic acid groups (broad SMARTS) is 1. The van der Waals surface area contributed by atoms with Gasteiger partial charge in [-0.1, -0.05) is 13.3 Å². The first kappa shape index (κ1) is 14.3. The van der Waals surface area contributed by atoms with Crippen LogP contribution >= 0.6 is 11.8 Å². The maximum absolute atomic E-state index is 11.4. The first-order valence-electron chi connectivity index (χ1n) is 5.10. The topological polar surface area (TPSA) is 66.4 Å². The highest BCUT2D eigenvalue weighted by Gasteiger charge is 2.14. The predicted molar refractivity (Wildman–Crippen MR) is 62.1 cm³/mol. The van der Waals surface area contributed by atoms with Crippen molar-refractivity contribution in [2.24, 2.45) is 0 Å². The Balaban J connectivity index is 3.92. The predicted octanol–water partition coefficient (Wildman–Crippen LogP) is 1.50. The third kappa shape index (κ3) is 8.30. The molecule has 0 aromatic rings. The molecule has 0 radical (unpaired) electrons. The highest BCUT2D eigenvalue weighted by atomic mass is 32.2. The van der Waals surface area contributed by atoms with Gasteiger partial charge in [0.1, 0.15) is 0 Å². The van der Waals surface area contributed by atoms with Gasteiger partial charge in [-0.05, 0) is 12.7 Å². The minimum atomic E-state index is -0.862. The van der Waals surface area contributed by atoms with Crippen LogP contribution in [-0.4, -0.2) is 35.0 Å². The molecule has 15 heavy (non-hydrogen) atoms. The van der Waals surface area contributed by atoms with Crippen LogP contribution < -0.4 is 5.32 Å². The van der Waals surface area contributed by atoms with Crippen LogP contribution in [0.3, 0.4) is 0 Å². The lowest BCUT2D eigenvalue weighted by Gasteiger charge is -2.15. The van der Waals surface area contributed by atoms with Gasteiger partial charge in [0.25, 0.3) is 0 Å². The van der Waals surface area contributed by atoms with E-state index in [0.29, 0.717) is 6.42 Å². The second-order valence-electron chi connectivity index (χ2n) is 3.39. The molecule has 0 spiro atoms. The smallest absolute Gasteiger partial charge is 0.305 e. The van der Waals surface area contributed by atoms with Crippen LogP contribution in [0.25, 0.3) is 0 Å². The van der Waals surface area contributed by atoms with Gasteiger partial charge in [-0.25, -0.2) is 0 Å². The molecule has 4 nitrogen and oxygen atoms in total. The maximum atomic E-state index is 11.4. The molecule has 0 aliphatic heterocycles. The molecule has 0 saturated carbocycles. The number of thioether (sulfide) groups is 1. The fourth-order valence-corrected chi connectivity index (χ4v) is 1.67. The molecule has 0 aromatic carbocycles. The van der Waals surface area contributed by atoms with Crippen LogP contribution in [-0.2, 0) is 9.59 Å². The van der Waals surface area contributed by atoms with Crippen molar-refractivity contribution in [3.8, 4) is 0 Å². The summed E-state index contributed by atoms with van der Waals surface area (Å²) in [6, 6.07) is -0.221. The van der Waals surface area contributed by atoms with E-state index in [2.05, 4.69) is 5.32 Å². The van der Waals surface area contributed by atoms with Gasteiger partial charge in [-0.3, -0.25) is 9.59 Å². The minimum absolute atomic E-state index is 0.0127. The van der Waals surface area contributed by atoms with Gasteiger partial charge in [0.05, 0.1) is 6.42 Å². The molecule has 0 bridgehead atoms. The van der Waals surface area contributed by atoms with Crippen LogP contribution in [0.4, 0.5) is 0 Å². The van der Waals surface area contributed by atoms with Gasteiger partial charge < -0.3 is 10.4 Å². The third-order valence-electron chi connectivity index (χ3n) is 1.96. The summed E-state index contributed by atoms with van der Waals surface area (Å²) in [5.41, 5.74) is 0. The van der Waals surface area contributed by atoms with E-state index in [1.54, 1.807) is 11.8 Å². The second kappa shape index (κ2) is 8.59. The van der Waals surface area contributed by atoms with Gasteiger partial charge >= 0.3 is 5.97 Å². The van der Waals surface area contributed by atoms with Crippen molar-refractivity contribution in [1.29, 1.82) is 0 Å². The molecule has 0 aliphatic carbocycles. The van der Waals surface area contributed by atoms with Crippen molar-refractivity contribution >= 4 is 23.6 Å². The Labute approximate surface area is 94.8 Å². The van der Waals surface area contributed by atoms with Crippen molar-refractivity contribution in [3.63, 3.8) is 0 Å². The summed E-state index contributed by atoms with van der Waals surface area (Å²) in [6.07, 6.45) is 4.01. The summed E-state index contributed by atoms with van der Waals surface area (Å²) >= 11 is 1.61. The average Bonchev–Trinajstić information content (AvgIpc) is 2.14. The van der Waals surface area contributed by atoms with E-state index in [1.165, 1.54) is 0 Å². The summed E-state index contributed by atoms with van der Waals surface area (Å²) in [6.45, 7) is 1.98. The highest BCUT2D eigenvalue weighted by molar-refractivity contribution is 7.98. The Morgan fingerprint density at radius 2 is 2.13 bits per heavy atom. The molecular formula is C10H19NO3S. The van der Waals surface area contributed by atoms with E-state index in [9.17, 15) is 9.59 Å². The Morgan fingerprint density at radius 1 is 1.47 bits per heavy atom. The molecule has 0 aliphatic rings. The summed E-state index contributed by atoms with van der Waals surface area (Å²) < 4.78 is 0. The lowest BCUT2D eigenvalue weighted by molar-refractivity contribution is -0.137. The number of carbonyl (C=O) groups excluding carboxylic acids is 1. The van der Waals surface area contributed by atoms with E-state index in [-0.39, 0.29) is 18.4 Å². The number of amides is 1. The lowest BCUT2D eigenvalue weighted by Crippen LogP contribution is -2.36. The molecule has 0 rings (SSSR count). The normalized spacial score (nSPS) is 12.1. The summed E-state index contributed by atoms with van der Waals surface area (Å²) in [5.74, 6) is -0.139. The Hall–Kier alpha value is -0.710. The van der Waals surface area contributed by atoms with Gasteiger partial charge in [-0.2, -0.15) is 11.8 Å². The fraction of sp³-hybridized carbons (Fsp3) is 0.800. The molecule has 1 amide bonds. The third-order valence-corrected chi connectivity index (χ3v) is 2.57.